The Hall–Kier alpha value is -1.84. The summed E-state index contributed by atoms with van der Waals surface area (Å²) in [6, 6.07) is 5.82. The predicted molar refractivity (Wildman–Crippen MR) is 65.4 cm³/mol. The number of nitrogen functional groups attached to an aromatic ring is 1. The molecule has 1 saturated carbocycles. The zero-order chi connectivity index (χ0) is 12.0. The Kier molecular flexibility index (Phi) is 2.18. The topological polar surface area (TPSA) is 64.9 Å². The maximum atomic E-state index is 5.92. The molecule has 2 unspecified atom stereocenters. The van der Waals surface area contributed by atoms with E-state index in [0.717, 1.165) is 23.4 Å². The van der Waals surface area contributed by atoms with Gasteiger partial charge in [-0.3, -0.25) is 0 Å². The molecule has 1 aromatic carbocycles. The van der Waals surface area contributed by atoms with Crippen molar-refractivity contribution in [3.8, 4) is 11.5 Å². The highest BCUT2D eigenvalue weighted by Gasteiger charge is 2.38. The Labute approximate surface area is 99.8 Å². The highest BCUT2D eigenvalue weighted by atomic mass is 16.5. The third-order valence-electron chi connectivity index (χ3n) is 3.32. The van der Waals surface area contributed by atoms with Gasteiger partial charge in [-0.2, -0.15) is 4.98 Å². The molecular formula is C13H15N3O. The molecule has 1 aromatic heterocycles. The molecule has 4 nitrogen and oxygen atoms in total. The summed E-state index contributed by atoms with van der Waals surface area (Å²) in [6.07, 6.45) is 1.16. The lowest BCUT2D eigenvalue weighted by Gasteiger charge is -2.01. The first kappa shape index (κ1) is 10.3. The molecule has 2 atom stereocenters. The highest BCUT2D eigenvalue weighted by Crippen LogP contribution is 2.46. The molecule has 1 aliphatic carbocycles. The van der Waals surface area contributed by atoms with Crippen LogP contribution in [0.5, 0.6) is 0 Å². The van der Waals surface area contributed by atoms with Crippen LogP contribution in [0.25, 0.3) is 11.5 Å². The van der Waals surface area contributed by atoms with Crippen LogP contribution in [0.15, 0.2) is 22.7 Å². The van der Waals surface area contributed by atoms with Crippen LogP contribution in [0.1, 0.15) is 30.7 Å². The number of benzene rings is 1. The Morgan fingerprint density at radius 2 is 2.18 bits per heavy atom. The third kappa shape index (κ3) is 1.79. The number of aromatic nitrogens is 2. The summed E-state index contributed by atoms with van der Waals surface area (Å²) in [5.74, 6) is 2.49. The van der Waals surface area contributed by atoms with Crippen molar-refractivity contribution in [3.05, 3.63) is 29.6 Å². The average Bonchev–Trinajstić information content (AvgIpc) is 2.85. The van der Waals surface area contributed by atoms with Gasteiger partial charge in [0, 0.05) is 11.6 Å². The van der Waals surface area contributed by atoms with Gasteiger partial charge < -0.3 is 10.3 Å². The number of nitrogens with zero attached hydrogens (tertiary/aromatic N) is 2. The average molecular weight is 229 g/mol. The minimum atomic E-state index is 0.471. The number of aryl methyl sites for hydroxylation is 1. The van der Waals surface area contributed by atoms with Crippen molar-refractivity contribution in [1.29, 1.82) is 0 Å². The summed E-state index contributed by atoms with van der Waals surface area (Å²) >= 11 is 0. The molecule has 1 aliphatic rings. The van der Waals surface area contributed by atoms with Crippen molar-refractivity contribution in [3.63, 3.8) is 0 Å². The molecule has 0 aliphatic heterocycles. The van der Waals surface area contributed by atoms with Gasteiger partial charge in [0.15, 0.2) is 5.82 Å². The first-order valence-corrected chi connectivity index (χ1v) is 5.85. The summed E-state index contributed by atoms with van der Waals surface area (Å²) in [4.78, 5) is 4.44. The number of rotatable bonds is 2. The van der Waals surface area contributed by atoms with Crippen LogP contribution in [0.2, 0.25) is 0 Å². The second kappa shape index (κ2) is 3.58. The Balaban J connectivity index is 1.98. The van der Waals surface area contributed by atoms with E-state index >= 15 is 0 Å². The second-order valence-corrected chi connectivity index (χ2v) is 4.87. The Bertz CT molecular complexity index is 562. The van der Waals surface area contributed by atoms with Gasteiger partial charge in [-0.1, -0.05) is 23.7 Å². The van der Waals surface area contributed by atoms with Crippen molar-refractivity contribution in [2.75, 3.05) is 5.73 Å². The fourth-order valence-electron chi connectivity index (χ4n) is 2.03. The summed E-state index contributed by atoms with van der Waals surface area (Å²) < 4.78 is 5.30. The van der Waals surface area contributed by atoms with Gasteiger partial charge in [-0.25, -0.2) is 0 Å². The molecule has 0 spiro atoms. The number of hydrogen-bond donors (Lipinski definition) is 1. The summed E-state index contributed by atoms with van der Waals surface area (Å²) in [5, 5.41) is 4.03. The van der Waals surface area contributed by atoms with Gasteiger partial charge in [0.25, 0.3) is 5.89 Å². The van der Waals surface area contributed by atoms with Crippen molar-refractivity contribution in [2.24, 2.45) is 5.92 Å². The Morgan fingerprint density at radius 3 is 2.88 bits per heavy atom. The lowest BCUT2D eigenvalue weighted by Crippen LogP contribution is -1.91. The minimum absolute atomic E-state index is 0.471. The van der Waals surface area contributed by atoms with Crippen LogP contribution in [-0.2, 0) is 0 Å². The fraction of sp³-hybridized carbons (Fsp3) is 0.385. The normalized spacial score (nSPS) is 22.7. The molecule has 1 heterocycles. The quantitative estimate of drug-likeness (QED) is 0.804. The molecular weight excluding hydrogens is 214 g/mol. The second-order valence-electron chi connectivity index (χ2n) is 4.87. The van der Waals surface area contributed by atoms with Crippen molar-refractivity contribution < 1.29 is 4.52 Å². The van der Waals surface area contributed by atoms with Gasteiger partial charge in [0.1, 0.15) is 0 Å². The van der Waals surface area contributed by atoms with Gasteiger partial charge in [-0.15, -0.1) is 0 Å². The molecule has 4 heteroatoms. The molecule has 1 fully saturated rings. The van der Waals surface area contributed by atoms with Crippen molar-refractivity contribution in [1.82, 2.24) is 10.1 Å². The van der Waals surface area contributed by atoms with Crippen LogP contribution in [-0.4, -0.2) is 10.1 Å². The lowest BCUT2D eigenvalue weighted by atomic mass is 10.1. The number of hydrogen-bond acceptors (Lipinski definition) is 4. The first-order chi connectivity index (χ1) is 8.15. The summed E-state index contributed by atoms with van der Waals surface area (Å²) in [5.41, 5.74) is 8.56. The lowest BCUT2D eigenvalue weighted by molar-refractivity contribution is 0.422. The van der Waals surface area contributed by atoms with E-state index in [2.05, 4.69) is 17.1 Å². The van der Waals surface area contributed by atoms with Crippen molar-refractivity contribution in [2.45, 2.75) is 26.2 Å². The van der Waals surface area contributed by atoms with Gasteiger partial charge in [0.05, 0.1) is 5.56 Å². The maximum Gasteiger partial charge on any atom is 0.260 e. The minimum Gasteiger partial charge on any atom is -0.398 e. The molecule has 2 aromatic rings. The standard InChI is InChI=1S/C13H15N3O/c1-7-3-4-11(14)10(5-7)13-15-12(16-17-13)9-6-8(9)2/h3-5,8-9H,6,14H2,1-2H3. The monoisotopic (exact) mass is 229 g/mol. The molecule has 3 rings (SSSR count). The maximum absolute atomic E-state index is 5.92. The highest BCUT2D eigenvalue weighted by molar-refractivity contribution is 5.71. The van der Waals surface area contributed by atoms with Gasteiger partial charge in [0.2, 0.25) is 0 Å². The molecule has 2 N–H and O–H groups in total. The van der Waals surface area contributed by atoms with Gasteiger partial charge in [-0.05, 0) is 31.4 Å². The van der Waals surface area contributed by atoms with Crippen LogP contribution < -0.4 is 5.73 Å². The predicted octanol–water partition coefficient (Wildman–Crippen LogP) is 2.75. The van der Waals surface area contributed by atoms with Crippen LogP contribution >= 0.6 is 0 Å². The van der Waals surface area contributed by atoms with E-state index in [1.807, 2.05) is 25.1 Å². The molecule has 17 heavy (non-hydrogen) atoms. The SMILES string of the molecule is Cc1ccc(N)c(-c2nc(C3CC3C)no2)c1. The summed E-state index contributed by atoms with van der Waals surface area (Å²) in [7, 11) is 0. The first-order valence-electron chi connectivity index (χ1n) is 5.85. The van der Waals surface area contributed by atoms with E-state index in [9.17, 15) is 0 Å². The molecule has 0 radical (unpaired) electrons. The van der Waals surface area contributed by atoms with E-state index in [0.29, 0.717) is 23.4 Å². The van der Waals surface area contributed by atoms with E-state index in [4.69, 9.17) is 10.3 Å². The van der Waals surface area contributed by atoms with E-state index in [1.165, 1.54) is 0 Å². The Morgan fingerprint density at radius 1 is 1.41 bits per heavy atom. The van der Waals surface area contributed by atoms with Crippen LogP contribution in [0, 0.1) is 12.8 Å². The molecule has 0 saturated heterocycles. The van der Waals surface area contributed by atoms with Crippen LogP contribution in [0.4, 0.5) is 5.69 Å². The van der Waals surface area contributed by atoms with Crippen LogP contribution in [0.3, 0.4) is 0 Å². The van der Waals surface area contributed by atoms with Crippen molar-refractivity contribution >= 4 is 5.69 Å². The molecule has 88 valence electrons. The molecule has 0 bridgehead atoms. The molecule has 0 amide bonds. The fourth-order valence-corrected chi connectivity index (χ4v) is 2.03. The zero-order valence-electron chi connectivity index (χ0n) is 9.97. The zero-order valence-corrected chi connectivity index (χ0v) is 9.97. The summed E-state index contributed by atoms with van der Waals surface area (Å²) in [6.45, 7) is 4.21. The largest absolute Gasteiger partial charge is 0.398 e. The third-order valence-corrected chi connectivity index (χ3v) is 3.32. The van der Waals surface area contributed by atoms with E-state index < -0.39 is 0 Å². The van der Waals surface area contributed by atoms with E-state index in [-0.39, 0.29) is 0 Å². The van der Waals surface area contributed by atoms with E-state index in [1.54, 1.807) is 0 Å². The number of anilines is 1. The number of nitrogens with two attached hydrogens (primary N) is 1. The smallest absolute Gasteiger partial charge is 0.260 e. The van der Waals surface area contributed by atoms with Gasteiger partial charge >= 0.3 is 0 Å².